The molecule has 0 spiro atoms. The van der Waals surface area contributed by atoms with E-state index in [-0.39, 0.29) is 5.91 Å². The van der Waals surface area contributed by atoms with Crippen LogP contribution in [0.25, 0.3) is 11.3 Å². The highest BCUT2D eigenvalue weighted by atomic mass is 16.5. The molecule has 24 heavy (non-hydrogen) atoms. The molecule has 0 unspecified atom stereocenters. The molecule has 5 heteroatoms. The number of aryl methyl sites for hydroxylation is 1. The minimum Gasteiger partial charge on any atom is -0.350 e. The lowest BCUT2D eigenvalue weighted by Crippen LogP contribution is -2.32. The van der Waals surface area contributed by atoms with Gasteiger partial charge in [-0.3, -0.25) is 4.79 Å². The first-order chi connectivity index (χ1) is 11.7. The molecule has 2 saturated heterocycles. The van der Waals surface area contributed by atoms with Crippen LogP contribution in [0.3, 0.4) is 0 Å². The second-order valence-corrected chi connectivity index (χ2v) is 6.99. The molecule has 2 atom stereocenters. The fourth-order valence-electron chi connectivity index (χ4n) is 3.81. The Kier molecular flexibility index (Phi) is 4.10. The van der Waals surface area contributed by atoms with Crippen molar-refractivity contribution in [2.75, 3.05) is 26.2 Å². The molecule has 2 fully saturated rings. The SMILES string of the molecule is Cc1ccc(-c2cc(C(=O)N3CC[C@@H]4CNC[C@@H]4CC3)on2)cc1. The Bertz CT molecular complexity index is 708. The summed E-state index contributed by atoms with van der Waals surface area (Å²) in [5, 5.41) is 7.54. The van der Waals surface area contributed by atoms with Crippen LogP contribution >= 0.6 is 0 Å². The number of benzene rings is 1. The molecule has 1 aromatic carbocycles. The maximum atomic E-state index is 12.7. The number of aromatic nitrogens is 1. The van der Waals surface area contributed by atoms with E-state index in [1.54, 1.807) is 6.07 Å². The van der Waals surface area contributed by atoms with Gasteiger partial charge < -0.3 is 14.7 Å². The van der Waals surface area contributed by atoms with Crippen molar-refractivity contribution in [3.63, 3.8) is 0 Å². The minimum absolute atomic E-state index is 0.0335. The Morgan fingerprint density at radius 2 is 1.83 bits per heavy atom. The molecular weight excluding hydrogens is 302 g/mol. The van der Waals surface area contributed by atoms with Crippen LogP contribution in [0.4, 0.5) is 0 Å². The smallest absolute Gasteiger partial charge is 0.292 e. The third-order valence-electron chi connectivity index (χ3n) is 5.37. The van der Waals surface area contributed by atoms with Crippen molar-refractivity contribution in [1.29, 1.82) is 0 Å². The van der Waals surface area contributed by atoms with Gasteiger partial charge in [-0.1, -0.05) is 35.0 Å². The molecule has 2 aromatic rings. The van der Waals surface area contributed by atoms with E-state index < -0.39 is 0 Å². The van der Waals surface area contributed by atoms with Crippen LogP contribution < -0.4 is 5.32 Å². The van der Waals surface area contributed by atoms with Gasteiger partial charge in [0.2, 0.25) is 5.76 Å². The van der Waals surface area contributed by atoms with Gasteiger partial charge in [0.1, 0.15) is 5.69 Å². The summed E-state index contributed by atoms with van der Waals surface area (Å²) in [5.74, 6) is 1.73. The molecule has 0 bridgehead atoms. The fraction of sp³-hybridized carbons (Fsp3) is 0.474. The maximum Gasteiger partial charge on any atom is 0.292 e. The Hall–Kier alpha value is -2.14. The van der Waals surface area contributed by atoms with Crippen LogP contribution in [0.5, 0.6) is 0 Å². The molecule has 1 N–H and O–H groups in total. The monoisotopic (exact) mass is 325 g/mol. The number of amides is 1. The molecule has 126 valence electrons. The highest BCUT2D eigenvalue weighted by Gasteiger charge is 2.32. The lowest BCUT2D eigenvalue weighted by Gasteiger charge is -2.19. The van der Waals surface area contributed by atoms with Gasteiger partial charge in [-0.2, -0.15) is 0 Å². The number of hydrogen-bond acceptors (Lipinski definition) is 4. The second kappa shape index (κ2) is 6.40. The maximum absolute atomic E-state index is 12.7. The molecule has 1 amide bonds. The topological polar surface area (TPSA) is 58.4 Å². The number of likely N-dealkylation sites (tertiary alicyclic amines) is 1. The van der Waals surface area contributed by atoms with Crippen molar-refractivity contribution < 1.29 is 9.32 Å². The fourth-order valence-corrected chi connectivity index (χ4v) is 3.81. The first kappa shape index (κ1) is 15.4. The van der Waals surface area contributed by atoms with Gasteiger partial charge in [-0.25, -0.2) is 0 Å². The van der Waals surface area contributed by atoms with E-state index in [4.69, 9.17) is 4.52 Å². The summed E-state index contributed by atoms with van der Waals surface area (Å²) >= 11 is 0. The number of carbonyl (C=O) groups is 1. The van der Waals surface area contributed by atoms with Crippen molar-refractivity contribution in [2.45, 2.75) is 19.8 Å². The van der Waals surface area contributed by atoms with Crippen LogP contribution in [0, 0.1) is 18.8 Å². The molecule has 4 rings (SSSR count). The molecule has 2 aliphatic rings. The summed E-state index contributed by atoms with van der Waals surface area (Å²) in [6.07, 6.45) is 2.14. The molecule has 2 aliphatic heterocycles. The van der Waals surface area contributed by atoms with Gasteiger partial charge in [0.05, 0.1) is 0 Å². The van der Waals surface area contributed by atoms with E-state index in [1.807, 2.05) is 36.1 Å². The van der Waals surface area contributed by atoms with Crippen molar-refractivity contribution >= 4 is 5.91 Å². The predicted molar refractivity (Wildman–Crippen MR) is 91.7 cm³/mol. The zero-order valence-electron chi connectivity index (χ0n) is 14.0. The zero-order chi connectivity index (χ0) is 16.5. The molecule has 0 saturated carbocycles. The van der Waals surface area contributed by atoms with Crippen LogP contribution in [0.1, 0.15) is 29.0 Å². The second-order valence-electron chi connectivity index (χ2n) is 6.99. The third-order valence-corrected chi connectivity index (χ3v) is 5.37. The number of nitrogens with one attached hydrogen (secondary N) is 1. The van der Waals surface area contributed by atoms with Crippen molar-refractivity contribution in [3.05, 3.63) is 41.7 Å². The predicted octanol–water partition coefficient (Wildman–Crippen LogP) is 2.72. The Morgan fingerprint density at radius 3 is 2.50 bits per heavy atom. The van der Waals surface area contributed by atoms with E-state index in [0.717, 1.165) is 44.6 Å². The molecule has 3 heterocycles. The van der Waals surface area contributed by atoms with E-state index in [1.165, 1.54) is 5.56 Å². The van der Waals surface area contributed by atoms with Crippen molar-refractivity contribution in [2.24, 2.45) is 11.8 Å². The summed E-state index contributed by atoms with van der Waals surface area (Å²) in [6, 6.07) is 9.84. The standard InChI is InChI=1S/C19H23N3O2/c1-13-2-4-14(5-3-13)17-10-18(24-21-17)19(23)22-8-6-15-11-20-12-16(15)7-9-22/h2-5,10,15-16,20H,6-9,11-12H2,1H3/t15-,16+. The van der Waals surface area contributed by atoms with Gasteiger partial charge in [0, 0.05) is 24.7 Å². The first-order valence-corrected chi connectivity index (χ1v) is 8.74. The molecule has 5 nitrogen and oxygen atoms in total. The summed E-state index contributed by atoms with van der Waals surface area (Å²) in [6.45, 7) is 5.84. The number of fused-ring (bicyclic) bond motifs is 1. The Balaban J connectivity index is 1.47. The third kappa shape index (κ3) is 2.96. The summed E-state index contributed by atoms with van der Waals surface area (Å²) in [7, 11) is 0. The van der Waals surface area contributed by atoms with Gasteiger partial charge in [-0.15, -0.1) is 0 Å². The largest absolute Gasteiger partial charge is 0.350 e. The van der Waals surface area contributed by atoms with Crippen LogP contribution in [0.15, 0.2) is 34.9 Å². The average Bonchev–Trinajstić information content (AvgIpc) is 3.21. The van der Waals surface area contributed by atoms with Crippen molar-refractivity contribution in [1.82, 2.24) is 15.4 Å². The zero-order valence-corrected chi connectivity index (χ0v) is 14.0. The van der Waals surface area contributed by atoms with Crippen molar-refractivity contribution in [3.8, 4) is 11.3 Å². The quantitative estimate of drug-likeness (QED) is 0.922. The number of nitrogens with zero attached hydrogens (tertiary/aromatic N) is 2. The van der Waals surface area contributed by atoms with Gasteiger partial charge >= 0.3 is 0 Å². The molecule has 0 radical (unpaired) electrons. The normalized spacial score (nSPS) is 23.8. The highest BCUT2D eigenvalue weighted by molar-refractivity contribution is 5.92. The average molecular weight is 325 g/mol. The lowest BCUT2D eigenvalue weighted by atomic mass is 9.92. The Morgan fingerprint density at radius 1 is 1.17 bits per heavy atom. The van der Waals surface area contributed by atoms with Crippen LogP contribution in [0.2, 0.25) is 0 Å². The Labute approximate surface area is 142 Å². The first-order valence-electron chi connectivity index (χ1n) is 8.74. The number of hydrogen-bond donors (Lipinski definition) is 1. The number of rotatable bonds is 2. The van der Waals surface area contributed by atoms with Crippen LogP contribution in [-0.2, 0) is 0 Å². The van der Waals surface area contributed by atoms with E-state index in [0.29, 0.717) is 23.3 Å². The summed E-state index contributed by atoms with van der Waals surface area (Å²) in [5.41, 5.74) is 2.89. The highest BCUT2D eigenvalue weighted by Crippen LogP contribution is 2.28. The van der Waals surface area contributed by atoms with E-state index in [2.05, 4.69) is 10.5 Å². The lowest BCUT2D eigenvalue weighted by molar-refractivity contribution is 0.0716. The van der Waals surface area contributed by atoms with Gasteiger partial charge in [0.15, 0.2) is 0 Å². The van der Waals surface area contributed by atoms with Crippen LogP contribution in [-0.4, -0.2) is 42.1 Å². The molecule has 1 aromatic heterocycles. The van der Waals surface area contributed by atoms with Gasteiger partial charge in [0.25, 0.3) is 5.91 Å². The summed E-state index contributed by atoms with van der Waals surface area (Å²) in [4.78, 5) is 14.7. The molecular formula is C19H23N3O2. The minimum atomic E-state index is -0.0335. The molecule has 0 aliphatic carbocycles. The number of carbonyl (C=O) groups excluding carboxylic acids is 1. The van der Waals surface area contributed by atoms with E-state index in [9.17, 15) is 4.79 Å². The summed E-state index contributed by atoms with van der Waals surface area (Å²) < 4.78 is 5.35. The van der Waals surface area contributed by atoms with E-state index >= 15 is 0 Å². The van der Waals surface area contributed by atoms with Gasteiger partial charge in [-0.05, 0) is 44.7 Å².